The van der Waals surface area contributed by atoms with Crippen molar-refractivity contribution in [3.8, 4) is 0 Å². The molecule has 33 heavy (non-hydrogen) atoms. The van der Waals surface area contributed by atoms with Crippen molar-refractivity contribution < 1.29 is 19.1 Å². The van der Waals surface area contributed by atoms with Crippen LogP contribution in [0, 0.1) is 0 Å². The number of rotatable bonds is 7. The average molecular weight is 453 g/mol. The number of carbonyl (C=O) groups excluding carboxylic acids is 2. The van der Waals surface area contributed by atoms with Crippen LogP contribution >= 0.6 is 0 Å². The lowest BCUT2D eigenvalue weighted by Gasteiger charge is -2.33. The SMILES string of the molecule is CC(=O)N[C@H](CC(=O)Nc1ccc(N2CCOCC2)cc1N1CCOCC1)c1ccccc1. The van der Waals surface area contributed by atoms with E-state index in [1.54, 1.807) is 0 Å². The number of benzene rings is 2. The van der Waals surface area contributed by atoms with Gasteiger partial charge >= 0.3 is 0 Å². The molecule has 0 bridgehead atoms. The van der Waals surface area contributed by atoms with Gasteiger partial charge in [0.25, 0.3) is 0 Å². The molecule has 0 saturated carbocycles. The molecule has 176 valence electrons. The van der Waals surface area contributed by atoms with E-state index >= 15 is 0 Å². The molecule has 2 fully saturated rings. The zero-order valence-corrected chi connectivity index (χ0v) is 19.1. The van der Waals surface area contributed by atoms with E-state index in [0.29, 0.717) is 13.2 Å². The topological polar surface area (TPSA) is 83.1 Å². The fourth-order valence-corrected chi connectivity index (χ4v) is 4.28. The Morgan fingerprint density at radius 2 is 1.55 bits per heavy atom. The third-order valence-corrected chi connectivity index (χ3v) is 5.95. The van der Waals surface area contributed by atoms with Crippen molar-refractivity contribution in [3.63, 3.8) is 0 Å². The van der Waals surface area contributed by atoms with Gasteiger partial charge in [0, 0.05) is 38.8 Å². The van der Waals surface area contributed by atoms with Crippen molar-refractivity contribution >= 4 is 28.9 Å². The highest BCUT2D eigenvalue weighted by Gasteiger charge is 2.22. The van der Waals surface area contributed by atoms with Crippen molar-refractivity contribution in [3.05, 3.63) is 54.1 Å². The normalized spacial score (nSPS) is 17.4. The minimum Gasteiger partial charge on any atom is -0.378 e. The molecule has 0 spiro atoms. The first-order valence-corrected chi connectivity index (χ1v) is 11.5. The molecule has 2 aliphatic rings. The van der Waals surface area contributed by atoms with Crippen LogP contribution in [0.3, 0.4) is 0 Å². The molecule has 8 nitrogen and oxygen atoms in total. The minimum atomic E-state index is -0.386. The first-order chi connectivity index (χ1) is 16.1. The Balaban J connectivity index is 1.53. The predicted octanol–water partition coefficient (Wildman–Crippen LogP) is 2.57. The highest BCUT2D eigenvalue weighted by molar-refractivity contribution is 5.95. The van der Waals surface area contributed by atoms with Crippen molar-refractivity contribution in [1.29, 1.82) is 0 Å². The maximum absolute atomic E-state index is 13.1. The van der Waals surface area contributed by atoms with Crippen molar-refractivity contribution in [1.82, 2.24) is 5.32 Å². The Kier molecular flexibility index (Phi) is 7.80. The van der Waals surface area contributed by atoms with Gasteiger partial charge < -0.3 is 29.9 Å². The molecule has 2 aromatic carbocycles. The molecule has 2 aliphatic heterocycles. The number of amides is 2. The van der Waals surface area contributed by atoms with Gasteiger partial charge in [-0.15, -0.1) is 0 Å². The molecule has 2 aromatic rings. The number of nitrogens with zero attached hydrogens (tertiary/aromatic N) is 2. The third kappa shape index (κ3) is 6.24. The van der Waals surface area contributed by atoms with Gasteiger partial charge in [0.1, 0.15) is 0 Å². The third-order valence-electron chi connectivity index (χ3n) is 5.95. The lowest BCUT2D eigenvalue weighted by molar-refractivity contribution is -0.120. The first-order valence-electron chi connectivity index (χ1n) is 11.5. The van der Waals surface area contributed by atoms with Crippen LogP contribution in [0.5, 0.6) is 0 Å². The van der Waals surface area contributed by atoms with Gasteiger partial charge in [-0.2, -0.15) is 0 Å². The molecule has 2 saturated heterocycles. The Bertz CT molecular complexity index is 941. The van der Waals surface area contributed by atoms with Crippen molar-refractivity contribution in [2.24, 2.45) is 0 Å². The summed E-state index contributed by atoms with van der Waals surface area (Å²) in [6.45, 7) is 7.47. The molecular weight excluding hydrogens is 420 g/mol. The van der Waals surface area contributed by atoms with Gasteiger partial charge in [-0.05, 0) is 23.8 Å². The molecule has 0 unspecified atom stereocenters. The number of hydrogen-bond acceptors (Lipinski definition) is 6. The summed E-state index contributed by atoms with van der Waals surface area (Å²) in [5.41, 5.74) is 3.79. The van der Waals surface area contributed by atoms with Crippen LogP contribution < -0.4 is 20.4 Å². The number of carbonyl (C=O) groups is 2. The average Bonchev–Trinajstić information content (AvgIpc) is 2.85. The highest BCUT2D eigenvalue weighted by Crippen LogP contribution is 2.32. The summed E-state index contributed by atoms with van der Waals surface area (Å²) in [4.78, 5) is 29.4. The van der Waals surface area contributed by atoms with Crippen LogP contribution in [0.2, 0.25) is 0 Å². The van der Waals surface area contributed by atoms with E-state index in [2.05, 4.69) is 26.5 Å². The molecule has 8 heteroatoms. The molecule has 2 amide bonds. The summed E-state index contributed by atoms with van der Waals surface area (Å²) < 4.78 is 11.0. The zero-order valence-electron chi connectivity index (χ0n) is 19.1. The number of morpholine rings is 2. The van der Waals surface area contributed by atoms with Gasteiger partial charge in [0.15, 0.2) is 0 Å². The quantitative estimate of drug-likeness (QED) is 0.672. The number of nitrogens with one attached hydrogen (secondary N) is 2. The van der Waals surface area contributed by atoms with Gasteiger partial charge in [0.05, 0.1) is 50.3 Å². The molecular formula is C25H32N4O4. The fraction of sp³-hybridized carbons (Fsp3) is 0.440. The highest BCUT2D eigenvalue weighted by atomic mass is 16.5. The second-order valence-corrected chi connectivity index (χ2v) is 8.32. The number of ether oxygens (including phenoxy) is 2. The monoisotopic (exact) mass is 452 g/mol. The van der Waals surface area contributed by atoms with Gasteiger partial charge in [0.2, 0.25) is 11.8 Å². The van der Waals surface area contributed by atoms with Crippen LogP contribution in [0.1, 0.15) is 24.9 Å². The van der Waals surface area contributed by atoms with E-state index < -0.39 is 0 Å². The van der Waals surface area contributed by atoms with Crippen LogP contribution in [-0.2, 0) is 19.1 Å². The van der Waals surface area contributed by atoms with Crippen LogP contribution in [-0.4, -0.2) is 64.4 Å². The van der Waals surface area contributed by atoms with E-state index in [1.807, 2.05) is 42.5 Å². The van der Waals surface area contributed by atoms with Gasteiger partial charge in [-0.3, -0.25) is 9.59 Å². The summed E-state index contributed by atoms with van der Waals surface area (Å²) in [5, 5.41) is 5.99. The zero-order chi connectivity index (χ0) is 23.0. The van der Waals surface area contributed by atoms with Crippen molar-refractivity contribution in [2.75, 3.05) is 67.7 Å². The summed E-state index contributed by atoms with van der Waals surface area (Å²) in [7, 11) is 0. The second-order valence-electron chi connectivity index (χ2n) is 8.32. The molecule has 2 heterocycles. The van der Waals surface area contributed by atoms with E-state index in [4.69, 9.17) is 9.47 Å². The largest absolute Gasteiger partial charge is 0.378 e. The minimum absolute atomic E-state index is 0.147. The fourth-order valence-electron chi connectivity index (χ4n) is 4.28. The molecule has 0 radical (unpaired) electrons. The van der Waals surface area contributed by atoms with E-state index in [9.17, 15) is 9.59 Å². The Labute approximate surface area is 194 Å². The Hall–Kier alpha value is -3.10. The van der Waals surface area contributed by atoms with Crippen molar-refractivity contribution in [2.45, 2.75) is 19.4 Å². The maximum Gasteiger partial charge on any atom is 0.226 e. The van der Waals surface area contributed by atoms with E-state index in [0.717, 1.165) is 62.0 Å². The Morgan fingerprint density at radius 1 is 0.909 bits per heavy atom. The molecule has 4 rings (SSSR count). The lowest BCUT2D eigenvalue weighted by atomic mass is 10.0. The lowest BCUT2D eigenvalue weighted by Crippen LogP contribution is -2.38. The Morgan fingerprint density at radius 3 is 2.18 bits per heavy atom. The van der Waals surface area contributed by atoms with Crippen LogP contribution in [0.15, 0.2) is 48.5 Å². The molecule has 0 aromatic heterocycles. The summed E-state index contributed by atoms with van der Waals surface area (Å²) in [6, 6.07) is 15.4. The summed E-state index contributed by atoms with van der Waals surface area (Å²) >= 11 is 0. The van der Waals surface area contributed by atoms with E-state index in [-0.39, 0.29) is 24.3 Å². The predicted molar refractivity (Wildman–Crippen MR) is 129 cm³/mol. The molecule has 2 N–H and O–H groups in total. The number of hydrogen-bond donors (Lipinski definition) is 2. The summed E-state index contributed by atoms with van der Waals surface area (Å²) in [6.07, 6.45) is 0.150. The maximum atomic E-state index is 13.1. The van der Waals surface area contributed by atoms with Gasteiger partial charge in [-0.1, -0.05) is 30.3 Å². The first kappa shape index (κ1) is 23.1. The number of anilines is 3. The standard InChI is InChI=1S/C25H32N4O4/c1-19(30)26-23(20-5-3-2-4-6-20)18-25(31)27-22-8-7-21(28-9-13-32-14-10-28)17-24(22)29-11-15-33-16-12-29/h2-8,17,23H,9-16,18H2,1H3,(H,26,30)(H,27,31)/t23-/m1/s1. The molecule has 1 atom stereocenters. The van der Waals surface area contributed by atoms with E-state index in [1.165, 1.54) is 6.92 Å². The second kappa shape index (κ2) is 11.2. The molecule has 0 aliphatic carbocycles. The van der Waals surface area contributed by atoms with Gasteiger partial charge in [-0.25, -0.2) is 0 Å². The summed E-state index contributed by atoms with van der Waals surface area (Å²) in [5.74, 6) is -0.313. The smallest absolute Gasteiger partial charge is 0.226 e. The van der Waals surface area contributed by atoms with Crippen LogP contribution in [0.25, 0.3) is 0 Å². The van der Waals surface area contributed by atoms with Crippen LogP contribution in [0.4, 0.5) is 17.1 Å².